The van der Waals surface area contributed by atoms with Crippen LogP contribution in [0.1, 0.15) is 11.1 Å². The van der Waals surface area contributed by atoms with Crippen molar-refractivity contribution in [2.75, 3.05) is 10.8 Å². The van der Waals surface area contributed by atoms with Gasteiger partial charge in [0.15, 0.2) is 0 Å². The average molecular weight is 476 g/mol. The molecule has 31 heavy (non-hydrogen) atoms. The number of aryl methyl sites for hydroxylation is 1. The molecular formula is C22H19Cl2N3O3S. The Bertz CT molecular complexity index is 1220. The van der Waals surface area contributed by atoms with E-state index in [-0.39, 0.29) is 20.6 Å². The van der Waals surface area contributed by atoms with Crippen LogP contribution in [0.5, 0.6) is 0 Å². The number of hydrogen-bond acceptors (Lipinski definition) is 4. The van der Waals surface area contributed by atoms with Gasteiger partial charge in [-0.2, -0.15) is 5.10 Å². The van der Waals surface area contributed by atoms with Crippen LogP contribution in [0.4, 0.5) is 5.69 Å². The number of anilines is 1. The molecule has 0 fully saturated rings. The van der Waals surface area contributed by atoms with E-state index in [1.807, 2.05) is 31.2 Å². The molecule has 0 bridgehead atoms. The third-order valence-corrected chi connectivity index (χ3v) is 6.85. The van der Waals surface area contributed by atoms with E-state index < -0.39 is 22.5 Å². The van der Waals surface area contributed by atoms with Crippen LogP contribution in [0.2, 0.25) is 10.0 Å². The third-order valence-electron chi connectivity index (χ3n) is 4.26. The summed E-state index contributed by atoms with van der Waals surface area (Å²) in [5.41, 5.74) is 4.30. The lowest BCUT2D eigenvalue weighted by atomic mass is 10.2. The minimum absolute atomic E-state index is 0.0158. The molecule has 3 rings (SSSR count). The Kier molecular flexibility index (Phi) is 7.33. The minimum atomic E-state index is -4.09. The molecule has 0 radical (unpaired) electrons. The monoisotopic (exact) mass is 475 g/mol. The Labute approximate surface area is 191 Å². The van der Waals surface area contributed by atoms with E-state index in [0.717, 1.165) is 15.4 Å². The second kappa shape index (κ2) is 9.96. The Morgan fingerprint density at radius 2 is 1.74 bits per heavy atom. The smallest absolute Gasteiger partial charge is 0.264 e. The quantitative estimate of drug-likeness (QED) is 0.399. The lowest BCUT2D eigenvalue weighted by Gasteiger charge is -2.24. The van der Waals surface area contributed by atoms with E-state index >= 15 is 0 Å². The number of sulfonamides is 1. The molecule has 0 unspecified atom stereocenters. The summed E-state index contributed by atoms with van der Waals surface area (Å²) in [4.78, 5) is 12.6. The molecule has 0 atom stereocenters. The van der Waals surface area contributed by atoms with Crippen LogP contribution in [-0.2, 0) is 14.8 Å². The van der Waals surface area contributed by atoms with Gasteiger partial charge in [-0.1, -0.05) is 77.3 Å². The van der Waals surface area contributed by atoms with Crippen molar-refractivity contribution in [2.24, 2.45) is 5.10 Å². The Morgan fingerprint density at radius 3 is 2.45 bits per heavy atom. The maximum absolute atomic E-state index is 13.3. The van der Waals surface area contributed by atoms with Crippen molar-refractivity contribution in [3.05, 3.63) is 94.0 Å². The number of benzene rings is 3. The highest BCUT2D eigenvalue weighted by Crippen LogP contribution is 2.35. The highest BCUT2D eigenvalue weighted by atomic mass is 35.5. The topological polar surface area (TPSA) is 78.8 Å². The summed E-state index contributed by atoms with van der Waals surface area (Å²) < 4.78 is 27.5. The first-order valence-corrected chi connectivity index (χ1v) is 11.4. The van der Waals surface area contributed by atoms with Gasteiger partial charge in [-0.3, -0.25) is 9.10 Å². The van der Waals surface area contributed by atoms with Crippen LogP contribution in [0.3, 0.4) is 0 Å². The molecular weight excluding hydrogens is 457 g/mol. The van der Waals surface area contributed by atoms with Gasteiger partial charge in [0.1, 0.15) is 6.54 Å². The summed E-state index contributed by atoms with van der Waals surface area (Å²) in [6, 6.07) is 19.9. The Hall–Kier alpha value is -2.87. The average Bonchev–Trinajstić information content (AvgIpc) is 2.75. The summed E-state index contributed by atoms with van der Waals surface area (Å²) in [5, 5.41) is 4.12. The van der Waals surface area contributed by atoms with Crippen molar-refractivity contribution in [3.8, 4) is 0 Å². The third kappa shape index (κ3) is 5.64. The molecule has 3 aromatic carbocycles. The van der Waals surface area contributed by atoms with Gasteiger partial charge in [-0.05, 0) is 36.8 Å². The number of hydrogen-bond donors (Lipinski definition) is 1. The van der Waals surface area contributed by atoms with E-state index in [1.54, 1.807) is 24.3 Å². The molecule has 0 aromatic heterocycles. The van der Waals surface area contributed by atoms with Gasteiger partial charge in [0.2, 0.25) is 0 Å². The summed E-state index contributed by atoms with van der Waals surface area (Å²) in [6.45, 7) is 1.40. The molecule has 0 heterocycles. The van der Waals surface area contributed by atoms with Gasteiger partial charge < -0.3 is 0 Å². The summed E-state index contributed by atoms with van der Waals surface area (Å²) >= 11 is 12.3. The molecule has 6 nitrogen and oxygen atoms in total. The molecule has 1 N–H and O–H groups in total. The van der Waals surface area contributed by atoms with E-state index in [0.29, 0.717) is 0 Å². The van der Waals surface area contributed by atoms with Crippen molar-refractivity contribution >= 4 is 51.0 Å². The minimum Gasteiger partial charge on any atom is -0.271 e. The van der Waals surface area contributed by atoms with Crippen LogP contribution in [0.25, 0.3) is 0 Å². The first kappa shape index (κ1) is 22.8. The van der Waals surface area contributed by atoms with E-state index in [4.69, 9.17) is 23.2 Å². The van der Waals surface area contributed by atoms with Gasteiger partial charge in [0.05, 0.1) is 26.8 Å². The molecule has 0 aliphatic heterocycles. The van der Waals surface area contributed by atoms with Crippen LogP contribution in [-0.4, -0.2) is 27.1 Å². The molecule has 0 aliphatic rings. The zero-order valence-electron chi connectivity index (χ0n) is 16.5. The zero-order chi connectivity index (χ0) is 22.4. The molecule has 0 saturated heterocycles. The molecule has 9 heteroatoms. The van der Waals surface area contributed by atoms with Crippen LogP contribution in [0, 0.1) is 6.92 Å². The van der Waals surface area contributed by atoms with Crippen LogP contribution < -0.4 is 9.73 Å². The summed E-state index contributed by atoms with van der Waals surface area (Å²) in [5.74, 6) is -0.639. The fourth-order valence-corrected chi connectivity index (χ4v) is 4.70. The van der Waals surface area contributed by atoms with E-state index in [2.05, 4.69) is 10.5 Å². The number of nitrogens with one attached hydrogen (secondary N) is 1. The van der Waals surface area contributed by atoms with Crippen LogP contribution in [0.15, 0.2) is 82.8 Å². The highest BCUT2D eigenvalue weighted by molar-refractivity contribution is 7.92. The fraction of sp³-hybridized carbons (Fsp3) is 0.0909. The van der Waals surface area contributed by atoms with Crippen molar-refractivity contribution in [3.63, 3.8) is 0 Å². The molecule has 3 aromatic rings. The largest absolute Gasteiger partial charge is 0.271 e. The van der Waals surface area contributed by atoms with Crippen molar-refractivity contribution in [1.29, 1.82) is 0 Å². The van der Waals surface area contributed by atoms with Gasteiger partial charge >= 0.3 is 0 Å². The standard InChI is InChI=1S/C22H19Cl2N3O3S/c1-16-7-5-8-17(13-16)14-25-26-21(28)15-27(20-12-6-11-19(23)22(20)24)31(29,30)18-9-3-2-4-10-18/h2-14H,15H2,1H3,(H,26,28)/b25-14-. The summed E-state index contributed by atoms with van der Waals surface area (Å²) in [7, 11) is -4.09. The number of hydrazone groups is 1. The van der Waals surface area contributed by atoms with Gasteiger partial charge in [-0.25, -0.2) is 13.8 Å². The van der Waals surface area contributed by atoms with Gasteiger partial charge in [-0.15, -0.1) is 0 Å². The fourth-order valence-electron chi connectivity index (χ4n) is 2.80. The van der Waals surface area contributed by atoms with Crippen LogP contribution >= 0.6 is 23.2 Å². The predicted octanol–water partition coefficient (Wildman–Crippen LogP) is 4.65. The Morgan fingerprint density at radius 1 is 1.03 bits per heavy atom. The van der Waals surface area contributed by atoms with Crippen molar-refractivity contribution in [1.82, 2.24) is 5.43 Å². The van der Waals surface area contributed by atoms with Crippen molar-refractivity contribution < 1.29 is 13.2 Å². The van der Waals surface area contributed by atoms with E-state index in [9.17, 15) is 13.2 Å². The number of amides is 1. The summed E-state index contributed by atoms with van der Waals surface area (Å²) in [6.07, 6.45) is 1.48. The second-order valence-electron chi connectivity index (χ2n) is 6.60. The number of halogens is 2. The number of rotatable bonds is 7. The first-order valence-electron chi connectivity index (χ1n) is 9.19. The lowest BCUT2D eigenvalue weighted by Crippen LogP contribution is -2.39. The van der Waals surface area contributed by atoms with Gasteiger partial charge in [0.25, 0.3) is 15.9 Å². The lowest BCUT2D eigenvalue weighted by molar-refractivity contribution is -0.119. The normalized spacial score (nSPS) is 11.5. The zero-order valence-corrected chi connectivity index (χ0v) is 18.8. The maximum Gasteiger partial charge on any atom is 0.264 e. The Balaban J connectivity index is 1.88. The van der Waals surface area contributed by atoms with E-state index in [1.165, 1.54) is 30.5 Å². The molecule has 0 saturated carbocycles. The SMILES string of the molecule is Cc1cccc(/C=N\NC(=O)CN(c2cccc(Cl)c2Cl)S(=O)(=O)c2ccccc2)c1. The second-order valence-corrected chi connectivity index (χ2v) is 9.25. The molecule has 0 spiro atoms. The highest BCUT2D eigenvalue weighted by Gasteiger charge is 2.29. The maximum atomic E-state index is 13.3. The molecule has 1 amide bonds. The first-order chi connectivity index (χ1) is 14.8. The predicted molar refractivity (Wildman–Crippen MR) is 124 cm³/mol. The van der Waals surface area contributed by atoms with Crippen molar-refractivity contribution in [2.45, 2.75) is 11.8 Å². The molecule has 0 aliphatic carbocycles. The number of carbonyl (C=O) groups is 1. The number of nitrogens with zero attached hydrogens (tertiary/aromatic N) is 2. The number of carbonyl (C=O) groups excluding carboxylic acids is 1. The van der Waals surface area contributed by atoms with Gasteiger partial charge in [0, 0.05) is 0 Å². The molecule has 160 valence electrons.